The Labute approximate surface area is 129 Å². The Morgan fingerprint density at radius 1 is 1.10 bits per heavy atom. The first-order valence-corrected chi connectivity index (χ1v) is 6.53. The van der Waals surface area contributed by atoms with Crippen molar-refractivity contribution in [3.63, 3.8) is 0 Å². The molecule has 0 aliphatic heterocycles. The zero-order chi connectivity index (χ0) is 14.9. The Hall–Kier alpha value is -1.30. The molecule has 0 aliphatic rings. The van der Waals surface area contributed by atoms with Crippen LogP contribution in [0, 0.1) is 11.6 Å². The highest BCUT2D eigenvalue weighted by atomic mass is 35.5. The molecule has 2 aromatic rings. The number of thiol groups is 1. The summed E-state index contributed by atoms with van der Waals surface area (Å²) in [5, 5.41) is 2.38. The molecule has 0 aromatic heterocycles. The van der Waals surface area contributed by atoms with Gasteiger partial charge in [0, 0.05) is 10.5 Å². The molecule has 7 heteroatoms. The highest BCUT2D eigenvalue weighted by molar-refractivity contribution is 7.80. The molecule has 1 amide bonds. The number of hydrogen-bond acceptors (Lipinski definition) is 2. The van der Waals surface area contributed by atoms with Gasteiger partial charge in [-0.1, -0.05) is 23.2 Å². The molecular weight excluding hydrogens is 327 g/mol. The second-order valence-electron chi connectivity index (χ2n) is 3.86. The molecule has 0 aliphatic carbocycles. The molecule has 0 atom stereocenters. The van der Waals surface area contributed by atoms with Crippen LogP contribution in [-0.2, 0) is 0 Å². The highest BCUT2D eigenvalue weighted by Gasteiger charge is 2.14. The average Bonchev–Trinajstić information content (AvgIpc) is 2.36. The molecule has 2 nitrogen and oxygen atoms in total. The van der Waals surface area contributed by atoms with Crippen molar-refractivity contribution in [2.45, 2.75) is 4.90 Å². The van der Waals surface area contributed by atoms with Crippen LogP contribution >= 0.6 is 35.8 Å². The van der Waals surface area contributed by atoms with E-state index >= 15 is 0 Å². The van der Waals surface area contributed by atoms with Gasteiger partial charge in [-0.15, -0.1) is 12.6 Å². The van der Waals surface area contributed by atoms with Crippen molar-refractivity contribution in [2.24, 2.45) is 0 Å². The van der Waals surface area contributed by atoms with Gasteiger partial charge in [-0.3, -0.25) is 4.79 Å². The number of rotatable bonds is 2. The summed E-state index contributed by atoms with van der Waals surface area (Å²) >= 11 is 15.5. The molecule has 0 saturated carbocycles. The topological polar surface area (TPSA) is 29.1 Å². The van der Waals surface area contributed by atoms with Crippen molar-refractivity contribution in [1.29, 1.82) is 0 Å². The summed E-state index contributed by atoms with van der Waals surface area (Å²) in [6.07, 6.45) is 0. The van der Waals surface area contributed by atoms with Gasteiger partial charge in [0.25, 0.3) is 5.91 Å². The van der Waals surface area contributed by atoms with Gasteiger partial charge in [0.1, 0.15) is 11.6 Å². The fourth-order valence-corrected chi connectivity index (χ4v) is 2.27. The fraction of sp³-hybridized carbons (Fsp3) is 0. The number of carbonyl (C=O) groups is 1. The second kappa shape index (κ2) is 5.99. The minimum atomic E-state index is -0.613. The quantitative estimate of drug-likeness (QED) is 0.758. The number of hydrogen-bond donors (Lipinski definition) is 2. The minimum Gasteiger partial charge on any atom is -0.319 e. The van der Waals surface area contributed by atoms with E-state index in [4.69, 9.17) is 23.2 Å². The summed E-state index contributed by atoms with van der Waals surface area (Å²) in [5.74, 6) is -1.71. The zero-order valence-electron chi connectivity index (χ0n) is 9.75. The van der Waals surface area contributed by atoms with Crippen LogP contribution < -0.4 is 5.32 Å². The Morgan fingerprint density at radius 3 is 2.25 bits per heavy atom. The third-order valence-electron chi connectivity index (χ3n) is 2.45. The summed E-state index contributed by atoms with van der Waals surface area (Å²) in [5.41, 5.74) is 0.262. The lowest BCUT2D eigenvalue weighted by Crippen LogP contribution is -2.13. The van der Waals surface area contributed by atoms with Crippen LogP contribution in [0.4, 0.5) is 14.5 Å². The molecule has 0 unspecified atom stereocenters. The summed E-state index contributed by atoms with van der Waals surface area (Å²) in [6, 6.07) is 5.72. The maximum absolute atomic E-state index is 13.1. The van der Waals surface area contributed by atoms with E-state index in [1.807, 2.05) is 0 Å². The maximum atomic E-state index is 13.1. The predicted octanol–water partition coefficient (Wildman–Crippen LogP) is 4.81. The molecule has 2 aromatic carbocycles. The van der Waals surface area contributed by atoms with Crippen LogP contribution in [0.5, 0.6) is 0 Å². The molecule has 104 valence electrons. The van der Waals surface area contributed by atoms with Gasteiger partial charge in [-0.2, -0.15) is 0 Å². The van der Waals surface area contributed by atoms with Crippen molar-refractivity contribution in [1.82, 2.24) is 0 Å². The Morgan fingerprint density at radius 2 is 1.70 bits per heavy atom. The summed E-state index contributed by atoms with van der Waals surface area (Å²) < 4.78 is 26.1. The second-order valence-corrected chi connectivity index (χ2v) is 5.16. The highest BCUT2D eigenvalue weighted by Crippen LogP contribution is 2.31. The number of benzene rings is 2. The summed E-state index contributed by atoms with van der Waals surface area (Å²) in [6.45, 7) is 0. The molecule has 0 radical (unpaired) electrons. The van der Waals surface area contributed by atoms with Gasteiger partial charge in [-0.25, -0.2) is 8.78 Å². The van der Waals surface area contributed by atoms with Crippen LogP contribution in [0.25, 0.3) is 0 Å². The van der Waals surface area contributed by atoms with Gasteiger partial charge in [-0.05, 0) is 30.3 Å². The first kappa shape index (κ1) is 15.1. The standard InChI is InChI=1S/C13H7Cl2F2NOS/c14-8-4-7(16)5-9(15)12(8)18-13(19)6-1-2-10(17)11(20)3-6/h1-5,20H,(H,18,19). The van der Waals surface area contributed by atoms with Crippen LogP contribution in [0.3, 0.4) is 0 Å². The first-order chi connectivity index (χ1) is 9.38. The number of amides is 1. The summed E-state index contributed by atoms with van der Waals surface area (Å²) in [4.78, 5) is 12.0. The van der Waals surface area contributed by atoms with Gasteiger partial charge in [0.05, 0.1) is 15.7 Å². The van der Waals surface area contributed by atoms with E-state index in [-0.39, 0.29) is 26.2 Å². The van der Waals surface area contributed by atoms with Crippen LogP contribution in [-0.4, -0.2) is 5.91 Å². The van der Waals surface area contributed by atoms with E-state index in [0.29, 0.717) is 0 Å². The molecule has 0 heterocycles. The van der Waals surface area contributed by atoms with E-state index < -0.39 is 17.5 Å². The van der Waals surface area contributed by atoms with Crippen molar-refractivity contribution >= 4 is 47.4 Å². The molecule has 0 saturated heterocycles. The lowest BCUT2D eigenvalue weighted by Gasteiger charge is -2.10. The molecule has 2 rings (SSSR count). The number of anilines is 1. The maximum Gasteiger partial charge on any atom is 0.255 e. The Balaban J connectivity index is 2.30. The molecule has 0 spiro atoms. The zero-order valence-corrected chi connectivity index (χ0v) is 12.2. The third-order valence-corrected chi connectivity index (χ3v) is 3.39. The summed E-state index contributed by atoms with van der Waals surface area (Å²) in [7, 11) is 0. The SMILES string of the molecule is O=C(Nc1c(Cl)cc(F)cc1Cl)c1ccc(F)c(S)c1. The lowest BCUT2D eigenvalue weighted by atomic mass is 10.2. The number of nitrogens with one attached hydrogen (secondary N) is 1. The van der Waals surface area contributed by atoms with Crippen LogP contribution in [0.2, 0.25) is 10.0 Å². The molecule has 0 fully saturated rings. The molecular formula is C13H7Cl2F2NOS. The van der Waals surface area contributed by atoms with E-state index in [9.17, 15) is 13.6 Å². The molecule has 0 bridgehead atoms. The van der Waals surface area contributed by atoms with Crippen LogP contribution in [0.1, 0.15) is 10.4 Å². The number of carbonyl (C=O) groups excluding carboxylic acids is 1. The van der Waals surface area contributed by atoms with Gasteiger partial charge in [0.15, 0.2) is 0 Å². The van der Waals surface area contributed by atoms with E-state index in [1.165, 1.54) is 12.1 Å². The number of halogens is 4. The van der Waals surface area contributed by atoms with E-state index in [1.54, 1.807) is 0 Å². The predicted molar refractivity (Wildman–Crippen MR) is 78.0 cm³/mol. The molecule has 1 N–H and O–H groups in total. The fourth-order valence-electron chi connectivity index (χ4n) is 1.50. The van der Waals surface area contributed by atoms with Gasteiger partial charge in [0.2, 0.25) is 0 Å². The van der Waals surface area contributed by atoms with E-state index in [2.05, 4.69) is 17.9 Å². The Bertz CT molecular complexity index is 671. The van der Waals surface area contributed by atoms with Crippen LogP contribution in [0.15, 0.2) is 35.2 Å². The van der Waals surface area contributed by atoms with E-state index in [0.717, 1.165) is 18.2 Å². The first-order valence-electron chi connectivity index (χ1n) is 5.33. The normalized spacial score (nSPS) is 10.4. The van der Waals surface area contributed by atoms with Crippen molar-refractivity contribution in [2.75, 3.05) is 5.32 Å². The lowest BCUT2D eigenvalue weighted by molar-refractivity contribution is 0.102. The average molecular weight is 334 g/mol. The van der Waals surface area contributed by atoms with Crippen molar-refractivity contribution < 1.29 is 13.6 Å². The Kier molecular flexibility index (Phi) is 4.52. The third kappa shape index (κ3) is 3.23. The van der Waals surface area contributed by atoms with Gasteiger partial charge < -0.3 is 5.32 Å². The van der Waals surface area contributed by atoms with Gasteiger partial charge >= 0.3 is 0 Å². The minimum absolute atomic E-state index is 0.0310. The monoisotopic (exact) mass is 333 g/mol. The molecule has 20 heavy (non-hydrogen) atoms. The van der Waals surface area contributed by atoms with Crippen molar-refractivity contribution in [3.05, 3.63) is 57.6 Å². The van der Waals surface area contributed by atoms with Crippen molar-refractivity contribution in [3.8, 4) is 0 Å². The largest absolute Gasteiger partial charge is 0.319 e. The smallest absolute Gasteiger partial charge is 0.255 e.